The predicted molar refractivity (Wildman–Crippen MR) is 79.7 cm³/mol. The van der Waals surface area contributed by atoms with Crippen molar-refractivity contribution in [3.05, 3.63) is 29.8 Å². The predicted octanol–water partition coefficient (Wildman–Crippen LogP) is 2.07. The maximum absolute atomic E-state index is 12.6. The number of hydrogen-bond donors (Lipinski definition) is 1. The molecule has 1 aliphatic heterocycles. The molecular formula is C16H24N2O2. The largest absolute Gasteiger partial charge is 0.496 e. The number of carbonyl (C=O) groups is 1. The number of ether oxygens (including phenoxy) is 1. The average molecular weight is 276 g/mol. The van der Waals surface area contributed by atoms with Crippen LogP contribution in [0.4, 0.5) is 0 Å². The molecule has 0 radical (unpaired) electrons. The molecule has 0 aromatic heterocycles. The molecule has 1 heterocycles. The van der Waals surface area contributed by atoms with Gasteiger partial charge in [0.15, 0.2) is 0 Å². The molecule has 1 aliphatic rings. The Morgan fingerprint density at radius 3 is 2.70 bits per heavy atom. The van der Waals surface area contributed by atoms with Gasteiger partial charge in [0.25, 0.3) is 0 Å². The van der Waals surface area contributed by atoms with E-state index in [1.807, 2.05) is 43.1 Å². The zero-order valence-electron chi connectivity index (χ0n) is 12.7. The first-order valence-corrected chi connectivity index (χ1v) is 7.16. The molecule has 1 fully saturated rings. The van der Waals surface area contributed by atoms with Gasteiger partial charge in [-0.25, -0.2) is 0 Å². The van der Waals surface area contributed by atoms with Crippen LogP contribution in [0, 0.1) is 11.8 Å². The quantitative estimate of drug-likeness (QED) is 0.915. The normalized spacial score (nSPS) is 23.4. The van der Waals surface area contributed by atoms with Gasteiger partial charge in [-0.2, -0.15) is 0 Å². The van der Waals surface area contributed by atoms with Crippen molar-refractivity contribution in [2.45, 2.75) is 19.9 Å². The second kappa shape index (κ2) is 6.27. The van der Waals surface area contributed by atoms with E-state index in [-0.39, 0.29) is 17.9 Å². The van der Waals surface area contributed by atoms with Crippen LogP contribution in [0.5, 0.6) is 5.75 Å². The van der Waals surface area contributed by atoms with Gasteiger partial charge in [0.2, 0.25) is 5.91 Å². The van der Waals surface area contributed by atoms with E-state index in [0.717, 1.165) is 24.4 Å². The Bertz CT molecular complexity index is 475. The highest BCUT2D eigenvalue weighted by Gasteiger charge is 2.33. The minimum Gasteiger partial charge on any atom is -0.496 e. The third-order valence-electron chi connectivity index (χ3n) is 4.35. The number of rotatable bonds is 4. The Hall–Kier alpha value is -1.55. The van der Waals surface area contributed by atoms with Gasteiger partial charge in [-0.05, 0) is 25.5 Å². The molecule has 4 nitrogen and oxygen atoms in total. The maximum atomic E-state index is 12.6. The maximum Gasteiger partial charge on any atom is 0.227 e. The molecule has 0 spiro atoms. The lowest BCUT2D eigenvalue weighted by Crippen LogP contribution is -2.37. The lowest BCUT2D eigenvalue weighted by Gasteiger charge is -2.29. The molecule has 1 aromatic rings. The highest BCUT2D eigenvalue weighted by molar-refractivity contribution is 5.80. The molecule has 4 heteroatoms. The van der Waals surface area contributed by atoms with Crippen molar-refractivity contribution in [1.82, 2.24) is 10.2 Å². The lowest BCUT2D eigenvalue weighted by molar-refractivity contribution is -0.136. The molecule has 20 heavy (non-hydrogen) atoms. The van der Waals surface area contributed by atoms with E-state index in [4.69, 9.17) is 4.74 Å². The van der Waals surface area contributed by atoms with Crippen molar-refractivity contribution in [2.24, 2.45) is 11.8 Å². The van der Waals surface area contributed by atoms with E-state index in [9.17, 15) is 4.79 Å². The summed E-state index contributed by atoms with van der Waals surface area (Å²) in [5.74, 6) is 1.52. The summed E-state index contributed by atoms with van der Waals surface area (Å²) in [5.41, 5.74) is 1.05. The van der Waals surface area contributed by atoms with Crippen molar-refractivity contribution < 1.29 is 9.53 Å². The fourth-order valence-corrected chi connectivity index (χ4v) is 2.81. The minimum absolute atomic E-state index is 0.00597. The van der Waals surface area contributed by atoms with Crippen LogP contribution in [0.3, 0.4) is 0 Å². The summed E-state index contributed by atoms with van der Waals surface area (Å²) in [4.78, 5) is 14.5. The number of para-hydroxylation sites is 1. The van der Waals surface area contributed by atoms with Crippen molar-refractivity contribution in [1.29, 1.82) is 0 Å². The Balaban J connectivity index is 2.15. The third kappa shape index (κ3) is 2.80. The fraction of sp³-hybridized carbons (Fsp3) is 0.562. The first kappa shape index (κ1) is 14.9. The second-order valence-corrected chi connectivity index (χ2v) is 5.61. The highest BCUT2D eigenvalue weighted by Crippen LogP contribution is 2.30. The van der Waals surface area contributed by atoms with Gasteiger partial charge in [0, 0.05) is 19.2 Å². The smallest absolute Gasteiger partial charge is 0.227 e. The Morgan fingerprint density at radius 1 is 1.40 bits per heavy atom. The Labute approximate surface area is 121 Å². The number of carbonyl (C=O) groups excluding carboxylic acids is 1. The molecule has 1 aromatic carbocycles. The van der Waals surface area contributed by atoms with Gasteiger partial charge in [-0.3, -0.25) is 4.79 Å². The third-order valence-corrected chi connectivity index (χ3v) is 4.35. The molecule has 1 saturated heterocycles. The van der Waals surface area contributed by atoms with Gasteiger partial charge in [-0.15, -0.1) is 0 Å². The van der Waals surface area contributed by atoms with Gasteiger partial charge in [0.1, 0.15) is 5.75 Å². The van der Waals surface area contributed by atoms with Crippen LogP contribution in [0.2, 0.25) is 0 Å². The molecule has 3 atom stereocenters. The van der Waals surface area contributed by atoms with E-state index < -0.39 is 0 Å². The summed E-state index contributed by atoms with van der Waals surface area (Å²) < 4.78 is 5.39. The number of methoxy groups -OCH3 is 1. The number of amides is 1. The Morgan fingerprint density at radius 2 is 2.10 bits per heavy atom. The first-order valence-electron chi connectivity index (χ1n) is 7.16. The van der Waals surface area contributed by atoms with E-state index in [2.05, 4.69) is 12.2 Å². The topological polar surface area (TPSA) is 41.6 Å². The second-order valence-electron chi connectivity index (χ2n) is 5.61. The van der Waals surface area contributed by atoms with Crippen LogP contribution in [-0.2, 0) is 4.79 Å². The summed E-state index contributed by atoms with van der Waals surface area (Å²) in [6.45, 7) is 5.88. The zero-order valence-corrected chi connectivity index (χ0v) is 12.7. The molecule has 1 amide bonds. The standard InChI is InChI=1S/C16H24N2O2/c1-11-9-17-10-14(11)16(19)18(3)12(2)13-7-5-6-8-15(13)20-4/h5-8,11-12,14,17H,9-10H2,1-4H3. The van der Waals surface area contributed by atoms with Crippen molar-refractivity contribution in [3.63, 3.8) is 0 Å². The van der Waals surface area contributed by atoms with Gasteiger partial charge >= 0.3 is 0 Å². The number of nitrogens with zero attached hydrogens (tertiary/aromatic N) is 1. The van der Waals surface area contributed by atoms with E-state index in [0.29, 0.717) is 5.92 Å². The summed E-state index contributed by atoms with van der Waals surface area (Å²) >= 11 is 0. The number of hydrogen-bond acceptors (Lipinski definition) is 3. The number of benzene rings is 1. The van der Waals surface area contributed by atoms with Crippen LogP contribution in [-0.4, -0.2) is 38.1 Å². The number of nitrogens with one attached hydrogen (secondary N) is 1. The molecule has 0 saturated carbocycles. The van der Waals surface area contributed by atoms with Crippen LogP contribution >= 0.6 is 0 Å². The van der Waals surface area contributed by atoms with Crippen LogP contribution in [0.1, 0.15) is 25.5 Å². The highest BCUT2D eigenvalue weighted by atomic mass is 16.5. The van der Waals surface area contributed by atoms with E-state index in [1.54, 1.807) is 7.11 Å². The zero-order chi connectivity index (χ0) is 14.7. The molecular weight excluding hydrogens is 252 g/mol. The SMILES string of the molecule is COc1ccccc1C(C)N(C)C(=O)C1CNCC1C. The molecule has 0 bridgehead atoms. The first-order chi connectivity index (χ1) is 9.56. The summed E-state index contributed by atoms with van der Waals surface area (Å²) in [6.07, 6.45) is 0. The van der Waals surface area contributed by atoms with Crippen molar-refractivity contribution in [3.8, 4) is 5.75 Å². The lowest BCUT2D eigenvalue weighted by atomic mass is 9.95. The molecule has 1 N–H and O–H groups in total. The van der Waals surface area contributed by atoms with Crippen molar-refractivity contribution in [2.75, 3.05) is 27.2 Å². The summed E-state index contributed by atoms with van der Waals surface area (Å²) in [7, 11) is 3.54. The molecule has 110 valence electrons. The minimum atomic E-state index is 0.00597. The average Bonchev–Trinajstić information content (AvgIpc) is 2.91. The van der Waals surface area contributed by atoms with Gasteiger partial charge in [0.05, 0.1) is 19.1 Å². The van der Waals surface area contributed by atoms with Crippen LogP contribution < -0.4 is 10.1 Å². The summed E-state index contributed by atoms with van der Waals surface area (Å²) in [6, 6.07) is 7.88. The van der Waals surface area contributed by atoms with Crippen LogP contribution in [0.25, 0.3) is 0 Å². The molecule has 0 aliphatic carbocycles. The van der Waals surface area contributed by atoms with E-state index in [1.165, 1.54) is 0 Å². The molecule has 3 unspecified atom stereocenters. The monoisotopic (exact) mass is 276 g/mol. The van der Waals surface area contributed by atoms with Crippen molar-refractivity contribution >= 4 is 5.91 Å². The van der Waals surface area contributed by atoms with Crippen LogP contribution in [0.15, 0.2) is 24.3 Å². The Kier molecular flexibility index (Phi) is 4.65. The summed E-state index contributed by atoms with van der Waals surface area (Å²) in [5, 5.41) is 3.29. The molecule has 2 rings (SSSR count). The van der Waals surface area contributed by atoms with Gasteiger partial charge < -0.3 is 15.0 Å². The fourth-order valence-electron chi connectivity index (χ4n) is 2.81. The van der Waals surface area contributed by atoms with E-state index >= 15 is 0 Å². The van der Waals surface area contributed by atoms with Gasteiger partial charge in [-0.1, -0.05) is 25.1 Å².